The van der Waals surface area contributed by atoms with Crippen molar-refractivity contribution < 1.29 is 4.74 Å². The Balaban J connectivity index is 1.80. The summed E-state index contributed by atoms with van der Waals surface area (Å²) in [5, 5.41) is 3.53. The number of nitrogens with one attached hydrogen (secondary N) is 1. The molecule has 3 nitrogen and oxygen atoms in total. The van der Waals surface area contributed by atoms with E-state index < -0.39 is 0 Å². The van der Waals surface area contributed by atoms with E-state index in [-0.39, 0.29) is 0 Å². The van der Waals surface area contributed by atoms with Crippen molar-refractivity contribution in [3.8, 4) is 5.75 Å². The zero-order valence-electron chi connectivity index (χ0n) is 11.7. The smallest absolute Gasteiger partial charge is 0.120 e. The number of ether oxygens (including phenoxy) is 1. The number of rotatable bonds is 4. The third-order valence-electron chi connectivity index (χ3n) is 3.63. The van der Waals surface area contributed by atoms with Crippen molar-refractivity contribution in [2.75, 3.05) is 26.2 Å². The highest BCUT2D eigenvalue weighted by atomic mass is 79.9. The molecule has 1 aromatic rings. The first-order chi connectivity index (χ1) is 9.15. The molecule has 1 aromatic carbocycles. The van der Waals surface area contributed by atoms with Crippen molar-refractivity contribution in [3.05, 3.63) is 28.7 Å². The van der Waals surface area contributed by atoms with E-state index in [1.807, 2.05) is 24.3 Å². The van der Waals surface area contributed by atoms with Gasteiger partial charge in [0.15, 0.2) is 0 Å². The highest BCUT2D eigenvalue weighted by molar-refractivity contribution is 9.10. The normalized spacial score (nSPS) is 25.0. The second-order valence-electron chi connectivity index (χ2n) is 5.29. The molecular formula is C15H23BrN2O. The van der Waals surface area contributed by atoms with Crippen LogP contribution in [0, 0.1) is 0 Å². The van der Waals surface area contributed by atoms with E-state index in [9.17, 15) is 0 Å². The lowest BCUT2D eigenvalue weighted by atomic mass is 10.2. The summed E-state index contributed by atoms with van der Waals surface area (Å²) < 4.78 is 6.88. The summed E-state index contributed by atoms with van der Waals surface area (Å²) in [5.41, 5.74) is 0. The molecule has 2 atom stereocenters. The second kappa shape index (κ2) is 7.27. The summed E-state index contributed by atoms with van der Waals surface area (Å²) in [5.74, 6) is 0.933. The van der Waals surface area contributed by atoms with Crippen LogP contribution in [-0.2, 0) is 0 Å². The van der Waals surface area contributed by atoms with Crippen LogP contribution in [0.4, 0.5) is 0 Å². The van der Waals surface area contributed by atoms with Gasteiger partial charge in [0, 0.05) is 29.6 Å². The van der Waals surface area contributed by atoms with Crippen LogP contribution in [0.3, 0.4) is 0 Å². The third kappa shape index (κ3) is 4.79. The van der Waals surface area contributed by atoms with Crippen LogP contribution in [0.15, 0.2) is 28.7 Å². The van der Waals surface area contributed by atoms with Crippen LogP contribution in [0.5, 0.6) is 5.75 Å². The summed E-state index contributed by atoms with van der Waals surface area (Å²) in [6.07, 6.45) is 1.21. The summed E-state index contributed by atoms with van der Waals surface area (Å²) in [7, 11) is 0. The minimum absolute atomic E-state index is 0.566. The molecule has 2 rings (SSSR count). The molecule has 106 valence electrons. The monoisotopic (exact) mass is 326 g/mol. The van der Waals surface area contributed by atoms with Gasteiger partial charge < -0.3 is 10.1 Å². The Morgan fingerprint density at radius 3 is 3.05 bits per heavy atom. The fourth-order valence-electron chi connectivity index (χ4n) is 2.47. The van der Waals surface area contributed by atoms with Gasteiger partial charge in [-0.15, -0.1) is 0 Å². The Bertz CT molecular complexity index is 399. The van der Waals surface area contributed by atoms with Gasteiger partial charge in [-0.1, -0.05) is 22.0 Å². The SMILES string of the molecule is CC1CN(CCOc2cccc(Br)c2)C(C)CCN1. The fourth-order valence-corrected chi connectivity index (χ4v) is 2.84. The van der Waals surface area contributed by atoms with Gasteiger partial charge in [0.2, 0.25) is 0 Å². The molecular weight excluding hydrogens is 304 g/mol. The average molecular weight is 327 g/mol. The van der Waals surface area contributed by atoms with E-state index in [1.165, 1.54) is 6.42 Å². The van der Waals surface area contributed by atoms with E-state index in [4.69, 9.17) is 4.74 Å². The van der Waals surface area contributed by atoms with Gasteiger partial charge in [-0.05, 0) is 45.0 Å². The van der Waals surface area contributed by atoms with E-state index in [0.717, 1.165) is 36.5 Å². The van der Waals surface area contributed by atoms with Gasteiger partial charge in [-0.25, -0.2) is 0 Å². The number of halogens is 1. The zero-order valence-corrected chi connectivity index (χ0v) is 13.3. The maximum Gasteiger partial charge on any atom is 0.120 e. The van der Waals surface area contributed by atoms with Crippen LogP contribution in [-0.4, -0.2) is 43.2 Å². The molecule has 19 heavy (non-hydrogen) atoms. The first kappa shape index (κ1) is 14.8. The standard InChI is InChI=1S/C15H23BrN2O/c1-12-11-18(13(2)6-7-17-12)8-9-19-15-5-3-4-14(16)10-15/h3-5,10,12-13,17H,6-9,11H2,1-2H3. The van der Waals surface area contributed by atoms with E-state index in [1.54, 1.807) is 0 Å². The van der Waals surface area contributed by atoms with Gasteiger partial charge in [0.1, 0.15) is 12.4 Å². The molecule has 1 N–H and O–H groups in total. The van der Waals surface area contributed by atoms with Gasteiger partial charge in [-0.3, -0.25) is 4.90 Å². The maximum absolute atomic E-state index is 5.82. The summed E-state index contributed by atoms with van der Waals surface area (Å²) >= 11 is 3.46. The Morgan fingerprint density at radius 1 is 1.42 bits per heavy atom. The zero-order chi connectivity index (χ0) is 13.7. The van der Waals surface area contributed by atoms with Crippen LogP contribution in [0.2, 0.25) is 0 Å². The van der Waals surface area contributed by atoms with Crippen molar-refractivity contribution in [1.82, 2.24) is 10.2 Å². The number of hydrogen-bond donors (Lipinski definition) is 1. The molecule has 1 aliphatic rings. The Labute approximate surface area is 124 Å². The molecule has 1 heterocycles. The molecule has 1 aliphatic heterocycles. The quantitative estimate of drug-likeness (QED) is 0.920. The minimum Gasteiger partial charge on any atom is -0.492 e. The molecule has 0 aliphatic carbocycles. The first-order valence-electron chi connectivity index (χ1n) is 7.01. The molecule has 1 fully saturated rings. The molecule has 4 heteroatoms. The van der Waals surface area contributed by atoms with Crippen molar-refractivity contribution in [3.63, 3.8) is 0 Å². The maximum atomic E-state index is 5.82. The first-order valence-corrected chi connectivity index (χ1v) is 7.80. The van der Waals surface area contributed by atoms with E-state index >= 15 is 0 Å². The molecule has 1 saturated heterocycles. The number of nitrogens with zero attached hydrogens (tertiary/aromatic N) is 1. The number of benzene rings is 1. The minimum atomic E-state index is 0.566. The largest absolute Gasteiger partial charge is 0.492 e. The van der Waals surface area contributed by atoms with Crippen molar-refractivity contribution in [2.24, 2.45) is 0 Å². The Hall–Kier alpha value is -0.580. The van der Waals surface area contributed by atoms with Gasteiger partial charge >= 0.3 is 0 Å². The molecule has 0 radical (unpaired) electrons. The fraction of sp³-hybridized carbons (Fsp3) is 0.600. The lowest BCUT2D eigenvalue weighted by molar-refractivity contribution is 0.166. The van der Waals surface area contributed by atoms with Gasteiger partial charge in [0.25, 0.3) is 0 Å². The van der Waals surface area contributed by atoms with Crippen LogP contribution in [0.25, 0.3) is 0 Å². The summed E-state index contributed by atoms with van der Waals surface area (Å²) in [6, 6.07) is 9.22. The molecule has 0 bridgehead atoms. The lowest BCUT2D eigenvalue weighted by Gasteiger charge is -2.27. The molecule has 0 spiro atoms. The highest BCUT2D eigenvalue weighted by Gasteiger charge is 2.19. The topological polar surface area (TPSA) is 24.5 Å². The van der Waals surface area contributed by atoms with E-state index in [2.05, 4.69) is 40.0 Å². The van der Waals surface area contributed by atoms with Crippen molar-refractivity contribution >= 4 is 15.9 Å². The second-order valence-corrected chi connectivity index (χ2v) is 6.21. The molecule has 0 aromatic heterocycles. The Morgan fingerprint density at radius 2 is 2.26 bits per heavy atom. The van der Waals surface area contributed by atoms with Gasteiger partial charge in [-0.2, -0.15) is 0 Å². The number of hydrogen-bond acceptors (Lipinski definition) is 3. The molecule has 0 amide bonds. The van der Waals surface area contributed by atoms with E-state index in [0.29, 0.717) is 12.1 Å². The summed E-state index contributed by atoms with van der Waals surface area (Å²) in [6.45, 7) is 8.50. The molecule has 2 unspecified atom stereocenters. The summed E-state index contributed by atoms with van der Waals surface area (Å²) in [4.78, 5) is 2.52. The van der Waals surface area contributed by atoms with Crippen LogP contribution < -0.4 is 10.1 Å². The third-order valence-corrected chi connectivity index (χ3v) is 4.12. The van der Waals surface area contributed by atoms with Crippen LogP contribution >= 0.6 is 15.9 Å². The predicted octanol–water partition coefficient (Wildman–Crippen LogP) is 2.90. The predicted molar refractivity (Wildman–Crippen MR) is 82.8 cm³/mol. The van der Waals surface area contributed by atoms with Gasteiger partial charge in [0.05, 0.1) is 0 Å². The lowest BCUT2D eigenvalue weighted by Crippen LogP contribution is -2.40. The highest BCUT2D eigenvalue weighted by Crippen LogP contribution is 2.18. The van der Waals surface area contributed by atoms with Crippen molar-refractivity contribution in [1.29, 1.82) is 0 Å². The van der Waals surface area contributed by atoms with Crippen molar-refractivity contribution in [2.45, 2.75) is 32.4 Å². The Kier molecular flexibility index (Phi) is 5.67. The average Bonchev–Trinajstić information content (AvgIpc) is 2.52. The van der Waals surface area contributed by atoms with Crippen LogP contribution in [0.1, 0.15) is 20.3 Å². The molecule has 0 saturated carbocycles.